The van der Waals surface area contributed by atoms with E-state index in [4.69, 9.17) is 20.9 Å². The number of nitrogens with zero attached hydrogens (tertiary/aromatic N) is 2. The second-order valence-electron chi connectivity index (χ2n) is 8.29. The number of likely N-dealkylation sites (tertiary alicyclic amines) is 1. The van der Waals surface area contributed by atoms with Gasteiger partial charge in [-0.05, 0) is 61.0 Å². The molecule has 0 unspecified atom stereocenters. The molecule has 0 aliphatic carbocycles. The summed E-state index contributed by atoms with van der Waals surface area (Å²) in [4.78, 5) is 2.40. The van der Waals surface area contributed by atoms with Gasteiger partial charge in [0.2, 0.25) is 0 Å². The first kappa shape index (κ1) is 21.6. The van der Waals surface area contributed by atoms with Crippen molar-refractivity contribution in [2.45, 2.75) is 19.4 Å². The molecule has 1 saturated heterocycles. The number of hydrogen-bond acceptors (Lipinski definition) is 5. The van der Waals surface area contributed by atoms with E-state index in [2.05, 4.69) is 17.0 Å². The third kappa shape index (κ3) is 4.47. The number of phenolic OH excluding ortho intramolecular Hbond substituents is 1. The molecular weight excluding hydrogens is 436 g/mol. The number of ether oxygens (including phenoxy) is 1. The molecule has 3 aromatic carbocycles. The quantitative estimate of drug-likeness (QED) is 0.340. The zero-order valence-electron chi connectivity index (χ0n) is 18.4. The molecule has 5 rings (SSSR count). The summed E-state index contributed by atoms with van der Waals surface area (Å²) >= 11 is 6.49. The molecule has 168 valence electrons. The van der Waals surface area contributed by atoms with E-state index in [0.717, 1.165) is 54.1 Å². The molecule has 4 aromatic rings. The van der Waals surface area contributed by atoms with Crippen LogP contribution in [0.25, 0.3) is 33.7 Å². The minimum atomic E-state index is 0.196. The van der Waals surface area contributed by atoms with Crippen LogP contribution in [-0.4, -0.2) is 40.9 Å². The van der Waals surface area contributed by atoms with E-state index in [9.17, 15) is 5.11 Å². The van der Waals surface area contributed by atoms with Gasteiger partial charge in [0.25, 0.3) is 0 Å². The Hall–Kier alpha value is -3.28. The molecule has 33 heavy (non-hydrogen) atoms. The van der Waals surface area contributed by atoms with E-state index in [1.165, 1.54) is 0 Å². The summed E-state index contributed by atoms with van der Waals surface area (Å²) in [5.74, 6) is 1.66. The molecule has 5 nitrogen and oxygen atoms in total. The first-order valence-corrected chi connectivity index (χ1v) is 11.5. The number of phenols is 1. The van der Waals surface area contributed by atoms with Crippen molar-refractivity contribution < 1.29 is 14.4 Å². The largest absolute Gasteiger partial charge is 0.508 e. The number of rotatable bonds is 7. The van der Waals surface area contributed by atoms with Crippen LogP contribution in [0.5, 0.6) is 11.5 Å². The topological polar surface area (TPSA) is 58.7 Å². The second-order valence-corrected chi connectivity index (χ2v) is 8.69. The summed E-state index contributed by atoms with van der Waals surface area (Å²) in [6.07, 6.45) is 1.40. The van der Waals surface area contributed by atoms with Crippen LogP contribution in [-0.2, 0) is 0 Å². The Balaban J connectivity index is 1.49. The summed E-state index contributed by atoms with van der Waals surface area (Å²) in [6, 6.07) is 22.5. The molecule has 0 atom stereocenters. The molecular formula is C27H25ClN2O3. The normalized spacial score (nSPS) is 14.2. The van der Waals surface area contributed by atoms with Crippen LogP contribution < -0.4 is 4.74 Å². The fraction of sp³-hybridized carbons (Fsp3) is 0.222. The Morgan fingerprint density at radius 3 is 2.39 bits per heavy atom. The Labute approximate surface area is 198 Å². The van der Waals surface area contributed by atoms with Gasteiger partial charge in [-0.3, -0.25) is 4.90 Å². The van der Waals surface area contributed by atoms with E-state index in [1.807, 2.05) is 60.7 Å². The van der Waals surface area contributed by atoms with Crippen LogP contribution in [0.3, 0.4) is 0 Å². The first-order valence-electron chi connectivity index (χ1n) is 11.2. The summed E-state index contributed by atoms with van der Waals surface area (Å²) in [7, 11) is 0. The fourth-order valence-electron chi connectivity index (χ4n) is 4.19. The van der Waals surface area contributed by atoms with E-state index < -0.39 is 0 Å². The highest BCUT2D eigenvalue weighted by Crippen LogP contribution is 2.42. The Kier molecular flexibility index (Phi) is 6.07. The van der Waals surface area contributed by atoms with Gasteiger partial charge in [-0.2, -0.15) is 0 Å². The summed E-state index contributed by atoms with van der Waals surface area (Å²) < 4.78 is 11.9. The van der Waals surface area contributed by atoms with E-state index in [1.54, 1.807) is 12.1 Å². The highest BCUT2D eigenvalue weighted by molar-refractivity contribution is 6.33. The standard InChI is InChI=1S/C27H25ClN2O3/c1-2-15-30-16-22(17-30)32-21-13-9-18(10-14-21)25-26(23-5-3-4-6-24(23)28)29-33-27(25)19-7-11-20(31)12-8-19/h3-14,22,31H,2,15-17H2,1H3. The smallest absolute Gasteiger partial charge is 0.175 e. The molecule has 1 N–H and O–H groups in total. The van der Waals surface area contributed by atoms with Crippen molar-refractivity contribution in [3.63, 3.8) is 0 Å². The number of halogens is 1. The Morgan fingerprint density at radius 1 is 1.00 bits per heavy atom. The van der Waals surface area contributed by atoms with Crippen molar-refractivity contribution in [1.82, 2.24) is 10.1 Å². The molecule has 1 aromatic heterocycles. The van der Waals surface area contributed by atoms with Crippen molar-refractivity contribution in [2.24, 2.45) is 0 Å². The zero-order valence-corrected chi connectivity index (χ0v) is 19.1. The molecule has 1 aliphatic rings. The lowest BCUT2D eigenvalue weighted by Gasteiger charge is -2.38. The lowest BCUT2D eigenvalue weighted by atomic mass is 9.96. The van der Waals surface area contributed by atoms with Gasteiger partial charge in [0.1, 0.15) is 23.3 Å². The summed E-state index contributed by atoms with van der Waals surface area (Å²) in [5.41, 5.74) is 4.08. The van der Waals surface area contributed by atoms with Crippen molar-refractivity contribution in [3.8, 4) is 45.2 Å². The zero-order chi connectivity index (χ0) is 22.8. The number of benzene rings is 3. The van der Waals surface area contributed by atoms with E-state index in [-0.39, 0.29) is 11.9 Å². The maximum absolute atomic E-state index is 9.70. The molecule has 1 fully saturated rings. The SMILES string of the molecule is CCCN1CC(Oc2ccc(-c3c(-c4ccccc4Cl)noc3-c3ccc(O)cc3)cc2)C1. The van der Waals surface area contributed by atoms with E-state index in [0.29, 0.717) is 16.5 Å². The van der Waals surface area contributed by atoms with Crippen LogP contribution in [0.4, 0.5) is 0 Å². The average Bonchev–Trinajstić information content (AvgIpc) is 3.24. The van der Waals surface area contributed by atoms with Gasteiger partial charge < -0.3 is 14.4 Å². The van der Waals surface area contributed by atoms with Gasteiger partial charge in [0, 0.05) is 24.2 Å². The molecule has 0 amide bonds. The van der Waals surface area contributed by atoms with Crippen LogP contribution in [0, 0.1) is 0 Å². The van der Waals surface area contributed by atoms with E-state index >= 15 is 0 Å². The summed E-state index contributed by atoms with van der Waals surface area (Å²) in [6.45, 7) is 5.27. The number of aromatic hydroxyl groups is 1. The highest BCUT2D eigenvalue weighted by Gasteiger charge is 2.27. The van der Waals surface area contributed by atoms with Crippen LogP contribution in [0.2, 0.25) is 5.02 Å². The van der Waals surface area contributed by atoms with Gasteiger partial charge in [-0.1, -0.05) is 54.0 Å². The molecule has 0 radical (unpaired) electrons. The van der Waals surface area contributed by atoms with Gasteiger partial charge in [-0.25, -0.2) is 0 Å². The highest BCUT2D eigenvalue weighted by atomic mass is 35.5. The molecule has 6 heteroatoms. The van der Waals surface area contributed by atoms with Crippen LogP contribution >= 0.6 is 11.6 Å². The van der Waals surface area contributed by atoms with Gasteiger partial charge in [-0.15, -0.1) is 0 Å². The van der Waals surface area contributed by atoms with Crippen LogP contribution in [0.15, 0.2) is 77.3 Å². The molecule has 1 aliphatic heterocycles. The lowest BCUT2D eigenvalue weighted by molar-refractivity contribution is 0.0203. The Morgan fingerprint density at radius 2 is 1.70 bits per heavy atom. The average molecular weight is 461 g/mol. The lowest BCUT2D eigenvalue weighted by Crippen LogP contribution is -2.53. The maximum atomic E-state index is 9.70. The number of aromatic nitrogens is 1. The van der Waals surface area contributed by atoms with Crippen molar-refractivity contribution in [3.05, 3.63) is 77.8 Å². The van der Waals surface area contributed by atoms with Gasteiger partial charge in [0.15, 0.2) is 5.76 Å². The third-order valence-corrected chi connectivity index (χ3v) is 6.19. The maximum Gasteiger partial charge on any atom is 0.175 e. The molecule has 0 saturated carbocycles. The minimum absolute atomic E-state index is 0.196. The molecule has 0 spiro atoms. The fourth-order valence-corrected chi connectivity index (χ4v) is 4.42. The van der Waals surface area contributed by atoms with Gasteiger partial charge in [0.05, 0.1) is 10.6 Å². The molecule has 0 bridgehead atoms. The van der Waals surface area contributed by atoms with Crippen LogP contribution in [0.1, 0.15) is 13.3 Å². The van der Waals surface area contributed by atoms with Crippen molar-refractivity contribution in [2.75, 3.05) is 19.6 Å². The van der Waals surface area contributed by atoms with Gasteiger partial charge >= 0.3 is 0 Å². The minimum Gasteiger partial charge on any atom is -0.508 e. The molecule has 2 heterocycles. The third-order valence-electron chi connectivity index (χ3n) is 5.86. The van der Waals surface area contributed by atoms with Crippen molar-refractivity contribution >= 4 is 11.6 Å². The predicted molar refractivity (Wildman–Crippen MR) is 131 cm³/mol. The Bertz CT molecular complexity index is 1230. The monoisotopic (exact) mass is 460 g/mol. The first-order chi connectivity index (χ1) is 16.1. The second kappa shape index (κ2) is 9.30. The number of hydrogen-bond donors (Lipinski definition) is 1. The predicted octanol–water partition coefficient (Wildman–Crippen LogP) is 6.51. The summed E-state index contributed by atoms with van der Waals surface area (Å²) in [5, 5.41) is 14.7. The van der Waals surface area contributed by atoms with Crippen molar-refractivity contribution in [1.29, 1.82) is 0 Å².